The average molecular weight is 216 g/mol. The molecule has 0 aromatic heterocycles. The number of phenols is 1. The smallest absolute Gasteiger partial charge is 0.340 e. The summed E-state index contributed by atoms with van der Waals surface area (Å²) in [5.41, 5.74) is -0.172. The largest absolute Gasteiger partial charge is 0.507 e. The number of hydrogen-bond acceptors (Lipinski definition) is 4. The van der Waals surface area contributed by atoms with Crippen molar-refractivity contribution in [3.63, 3.8) is 0 Å². The maximum atomic E-state index is 13.5. The minimum atomic E-state index is -0.752. The summed E-state index contributed by atoms with van der Waals surface area (Å²) in [5.74, 6) is -1.68. The number of hydrogen-bond donors (Lipinski definition) is 1. The molecule has 0 radical (unpaired) electrons. The highest BCUT2D eigenvalue weighted by molar-refractivity contribution is 7.98. The van der Waals surface area contributed by atoms with Crippen molar-refractivity contribution in [3.8, 4) is 5.75 Å². The summed E-state index contributed by atoms with van der Waals surface area (Å²) < 4.78 is 17.9. The van der Waals surface area contributed by atoms with E-state index in [0.717, 1.165) is 11.8 Å². The quantitative estimate of drug-likeness (QED) is 0.607. The highest BCUT2D eigenvalue weighted by atomic mass is 32.2. The molecule has 0 fully saturated rings. The van der Waals surface area contributed by atoms with E-state index >= 15 is 0 Å². The Labute approximate surface area is 84.9 Å². The van der Waals surface area contributed by atoms with Crippen LogP contribution >= 0.6 is 11.8 Å². The molecule has 76 valence electrons. The number of carbonyl (C=O) groups is 1. The Hall–Kier alpha value is -1.23. The van der Waals surface area contributed by atoms with Gasteiger partial charge in [0.1, 0.15) is 5.75 Å². The Balaban J connectivity index is 3.28. The van der Waals surface area contributed by atoms with E-state index in [9.17, 15) is 14.3 Å². The van der Waals surface area contributed by atoms with Crippen LogP contribution in [-0.2, 0) is 4.74 Å². The zero-order chi connectivity index (χ0) is 10.7. The second kappa shape index (κ2) is 4.32. The number of thioether (sulfide) groups is 1. The number of benzene rings is 1. The Morgan fingerprint density at radius 3 is 2.71 bits per heavy atom. The van der Waals surface area contributed by atoms with Crippen molar-refractivity contribution in [3.05, 3.63) is 23.5 Å². The monoisotopic (exact) mass is 216 g/mol. The molecule has 1 aromatic carbocycles. The van der Waals surface area contributed by atoms with Crippen LogP contribution in [0, 0.1) is 5.82 Å². The maximum Gasteiger partial charge on any atom is 0.340 e. The third kappa shape index (κ3) is 1.82. The first-order valence-corrected chi connectivity index (χ1v) is 4.98. The predicted molar refractivity (Wildman–Crippen MR) is 51.2 cm³/mol. The van der Waals surface area contributed by atoms with Gasteiger partial charge in [-0.3, -0.25) is 0 Å². The van der Waals surface area contributed by atoms with Crippen LogP contribution in [0.5, 0.6) is 5.75 Å². The van der Waals surface area contributed by atoms with Gasteiger partial charge in [-0.15, -0.1) is 11.8 Å². The molecule has 0 aliphatic heterocycles. The molecule has 0 spiro atoms. The summed E-state index contributed by atoms with van der Waals surface area (Å²) in [6.07, 6.45) is 1.61. The summed E-state index contributed by atoms with van der Waals surface area (Å²) in [7, 11) is 1.17. The number of phenolic OH excluding ortho intramolecular Hbond substituents is 1. The molecule has 3 nitrogen and oxygen atoms in total. The zero-order valence-corrected chi connectivity index (χ0v) is 8.52. The maximum absolute atomic E-state index is 13.5. The van der Waals surface area contributed by atoms with Gasteiger partial charge in [0.15, 0.2) is 5.82 Å². The molecule has 0 amide bonds. The van der Waals surface area contributed by atoms with Crippen molar-refractivity contribution < 1.29 is 19.0 Å². The van der Waals surface area contributed by atoms with Gasteiger partial charge >= 0.3 is 5.97 Å². The van der Waals surface area contributed by atoms with Crippen LogP contribution in [0.2, 0.25) is 0 Å². The van der Waals surface area contributed by atoms with E-state index in [2.05, 4.69) is 4.74 Å². The molecule has 0 saturated carbocycles. The van der Waals surface area contributed by atoms with Crippen LogP contribution in [0.1, 0.15) is 10.4 Å². The van der Waals surface area contributed by atoms with E-state index in [0.29, 0.717) is 0 Å². The minimum Gasteiger partial charge on any atom is -0.507 e. The van der Waals surface area contributed by atoms with Crippen molar-refractivity contribution in [2.24, 2.45) is 0 Å². The van der Waals surface area contributed by atoms with Crippen LogP contribution in [0.3, 0.4) is 0 Å². The lowest BCUT2D eigenvalue weighted by Crippen LogP contribution is -2.05. The average Bonchev–Trinajstić information content (AvgIpc) is 2.18. The van der Waals surface area contributed by atoms with Gasteiger partial charge in [-0.05, 0) is 18.4 Å². The van der Waals surface area contributed by atoms with Gasteiger partial charge in [0.05, 0.1) is 17.6 Å². The molecule has 0 aliphatic carbocycles. The van der Waals surface area contributed by atoms with E-state index in [1.54, 1.807) is 6.26 Å². The molecule has 0 aliphatic rings. The lowest BCUT2D eigenvalue weighted by molar-refractivity contribution is 0.0594. The fourth-order valence-electron chi connectivity index (χ4n) is 1.01. The number of halogens is 1. The molecule has 14 heavy (non-hydrogen) atoms. The number of ether oxygens (including phenoxy) is 1. The van der Waals surface area contributed by atoms with Gasteiger partial charge in [-0.1, -0.05) is 0 Å². The molecule has 5 heteroatoms. The Morgan fingerprint density at radius 2 is 2.21 bits per heavy atom. The van der Waals surface area contributed by atoms with Crippen LogP contribution in [0.15, 0.2) is 17.0 Å². The fraction of sp³-hybridized carbons (Fsp3) is 0.222. The lowest BCUT2D eigenvalue weighted by Gasteiger charge is -2.06. The fourth-order valence-corrected chi connectivity index (χ4v) is 1.57. The third-order valence-corrected chi connectivity index (χ3v) is 2.48. The summed E-state index contributed by atoms with van der Waals surface area (Å²) in [6.45, 7) is 0. The van der Waals surface area contributed by atoms with Crippen LogP contribution in [0.25, 0.3) is 0 Å². The molecule has 1 rings (SSSR count). The predicted octanol–water partition coefficient (Wildman–Crippen LogP) is 2.04. The molecule has 0 unspecified atom stereocenters. The highest BCUT2D eigenvalue weighted by Gasteiger charge is 2.17. The highest BCUT2D eigenvalue weighted by Crippen LogP contribution is 2.31. The lowest BCUT2D eigenvalue weighted by atomic mass is 10.2. The topological polar surface area (TPSA) is 46.5 Å². The van der Waals surface area contributed by atoms with Crippen molar-refractivity contribution in [1.29, 1.82) is 0 Å². The normalized spacial score (nSPS) is 9.93. The van der Waals surface area contributed by atoms with Crippen LogP contribution in [-0.4, -0.2) is 24.4 Å². The second-order valence-corrected chi connectivity index (χ2v) is 3.29. The van der Waals surface area contributed by atoms with E-state index in [-0.39, 0.29) is 16.2 Å². The molecular formula is C9H9FO3S. The summed E-state index contributed by atoms with van der Waals surface area (Å²) in [4.78, 5) is 11.1. The number of aromatic hydroxyl groups is 1. The molecule has 0 saturated heterocycles. The zero-order valence-electron chi connectivity index (χ0n) is 7.70. The Morgan fingerprint density at radius 1 is 1.57 bits per heavy atom. The van der Waals surface area contributed by atoms with E-state index in [1.165, 1.54) is 19.2 Å². The van der Waals surface area contributed by atoms with Crippen molar-refractivity contribution in [1.82, 2.24) is 0 Å². The van der Waals surface area contributed by atoms with Crippen molar-refractivity contribution >= 4 is 17.7 Å². The first kappa shape index (κ1) is 10.8. The molecule has 1 aromatic rings. The second-order valence-electron chi connectivity index (χ2n) is 2.47. The number of carbonyl (C=O) groups excluding carboxylic acids is 1. The van der Waals surface area contributed by atoms with E-state index in [4.69, 9.17) is 0 Å². The van der Waals surface area contributed by atoms with Gasteiger partial charge < -0.3 is 9.84 Å². The molecule has 0 atom stereocenters. The van der Waals surface area contributed by atoms with Gasteiger partial charge in [0, 0.05) is 0 Å². The number of esters is 1. The summed E-state index contributed by atoms with van der Waals surface area (Å²) in [6, 6.07) is 2.46. The SMILES string of the molecule is COC(=O)c1ccc(O)c(SC)c1F. The van der Waals surface area contributed by atoms with Crippen molar-refractivity contribution in [2.75, 3.05) is 13.4 Å². The van der Waals surface area contributed by atoms with Crippen molar-refractivity contribution in [2.45, 2.75) is 4.90 Å². The minimum absolute atomic E-state index is 0.0490. The first-order valence-electron chi connectivity index (χ1n) is 3.75. The Bertz CT molecular complexity index is 365. The number of methoxy groups -OCH3 is 1. The van der Waals surface area contributed by atoms with Gasteiger partial charge in [0.25, 0.3) is 0 Å². The summed E-state index contributed by atoms with van der Waals surface area (Å²) >= 11 is 1.03. The van der Waals surface area contributed by atoms with Gasteiger partial charge in [-0.25, -0.2) is 9.18 Å². The Kier molecular flexibility index (Phi) is 3.35. The number of rotatable bonds is 2. The molecule has 0 heterocycles. The van der Waals surface area contributed by atoms with E-state index in [1.807, 2.05) is 0 Å². The molecular weight excluding hydrogens is 207 g/mol. The third-order valence-electron chi connectivity index (χ3n) is 1.69. The molecule has 1 N–H and O–H groups in total. The molecule has 0 bridgehead atoms. The van der Waals surface area contributed by atoms with Crippen LogP contribution in [0.4, 0.5) is 4.39 Å². The van der Waals surface area contributed by atoms with Crippen LogP contribution < -0.4 is 0 Å². The van der Waals surface area contributed by atoms with Gasteiger partial charge in [-0.2, -0.15) is 0 Å². The summed E-state index contributed by atoms with van der Waals surface area (Å²) in [5, 5.41) is 9.26. The standard InChI is InChI=1S/C9H9FO3S/c1-13-9(12)5-3-4-6(11)8(14-2)7(5)10/h3-4,11H,1-2H3. The van der Waals surface area contributed by atoms with Gasteiger partial charge in [0.2, 0.25) is 0 Å². The van der Waals surface area contributed by atoms with E-state index < -0.39 is 11.8 Å². The first-order chi connectivity index (χ1) is 6.61.